The van der Waals surface area contributed by atoms with Crippen molar-refractivity contribution in [1.82, 2.24) is 4.67 Å². The largest absolute Gasteiger partial charge is 0.378 e. The maximum absolute atomic E-state index is 11.9. The van der Waals surface area contributed by atoms with Gasteiger partial charge in [0.1, 0.15) is 0 Å². The van der Waals surface area contributed by atoms with Crippen molar-refractivity contribution in [2.75, 3.05) is 31.8 Å². The highest BCUT2D eigenvalue weighted by atomic mass is 35.5. The van der Waals surface area contributed by atoms with Crippen LogP contribution in [0.1, 0.15) is 13.3 Å². The molecule has 1 saturated heterocycles. The molecule has 2 unspecified atom stereocenters. The fourth-order valence-corrected chi connectivity index (χ4v) is 3.90. The molecule has 1 fully saturated rings. The lowest BCUT2D eigenvalue weighted by molar-refractivity contribution is 0.0257. The molecule has 0 amide bonds. The Balaban J connectivity index is 2.67. The van der Waals surface area contributed by atoms with Gasteiger partial charge in [-0.15, -0.1) is 11.6 Å². The Kier molecular flexibility index (Phi) is 4.88. The van der Waals surface area contributed by atoms with Crippen LogP contribution in [0.2, 0.25) is 0 Å². The van der Waals surface area contributed by atoms with Crippen molar-refractivity contribution in [2.24, 2.45) is 0 Å². The first-order valence-electron chi connectivity index (χ1n) is 4.84. The van der Waals surface area contributed by atoms with Gasteiger partial charge < -0.3 is 9.63 Å². The van der Waals surface area contributed by atoms with Crippen molar-refractivity contribution in [2.45, 2.75) is 19.4 Å². The van der Waals surface area contributed by atoms with Gasteiger partial charge in [0.15, 0.2) is 0 Å². The summed E-state index contributed by atoms with van der Waals surface area (Å²) < 4.78 is 18.8. The summed E-state index contributed by atoms with van der Waals surface area (Å²) in [6.07, 6.45) is 0.984. The highest BCUT2D eigenvalue weighted by Gasteiger charge is 2.34. The van der Waals surface area contributed by atoms with Crippen LogP contribution in [0.4, 0.5) is 0 Å². The summed E-state index contributed by atoms with van der Waals surface area (Å²) in [5, 5.41) is 0. The topological polar surface area (TPSA) is 49.8 Å². The van der Waals surface area contributed by atoms with Crippen LogP contribution in [0.5, 0.6) is 0 Å². The van der Waals surface area contributed by atoms with Crippen LogP contribution < -0.4 is 0 Å². The molecule has 4 nitrogen and oxygen atoms in total. The van der Waals surface area contributed by atoms with E-state index in [-0.39, 0.29) is 18.1 Å². The SMILES string of the molecule is CCC1COCCN1P(=O)(O)CCCl. The molecule has 0 aromatic carbocycles. The number of nitrogens with zero attached hydrogens (tertiary/aromatic N) is 1. The summed E-state index contributed by atoms with van der Waals surface area (Å²) in [5.74, 6) is 0.224. The molecule has 1 aliphatic rings. The van der Waals surface area contributed by atoms with E-state index in [1.807, 2.05) is 6.92 Å². The monoisotopic (exact) mass is 241 g/mol. The summed E-state index contributed by atoms with van der Waals surface area (Å²) in [6, 6.07) is 0.0581. The lowest BCUT2D eigenvalue weighted by Crippen LogP contribution is -2.43. The molecule has 2 atom stereocenters. The summed E-state index contributed by atoms with van der Waals surface area (Å²) in [5.41, 5.74) is 0. The first-order chi connectivity index (χ1) is 6.61. The van der Waals surface area contributed by atoms with E-state index < -0.39 is 7.52 Å². The number of hydrogen-bond donors (Lipinski definition) is 1. The van der Waals surface area contributed by atoms with Crippen LogP contribution >= 0.6 is 19.1 Å². The summed E-state index contributed by atoms with van der Waals surface area (Å²) in [7, 11) is -3.22. The maximum atomic E-state index is 11.9. The summed E-state index contributed by atoms with van der Waals surface area (Å²) in [6.45, 7) is 3.60. The van der Waals surface area contributed by atoms with E-state index in [4.69, 9.17) is 16.3 Å². The van der Waals surface area contributed by atoms with Crippen LogP contribution in [0, 0.1) is 0 Å². The van der Waals surface area contributed by atoms with Crippen molar-refractivity contribution in [3.8, 4) is 0 Å². The van der Waals surface area contributed by atoms with E-state index >= 15 is 0 Å². The predicted octanol–water partition coefficient (Wildman–Crippen LogP) is 1.52. The van der Waals surface area contributed by atoms with Crippen molar-refractivity contribution in [3.63, 3.8) is 0 Å². The molecule has 1 N–H and O–H groups in total. The second-order valence-corrected chi connectivity index (χ2v) is 6.05. The molecule has 1 rings (SSSR count). The minimum atomic E-state index is -3.22. The fourth-order valence-electron chi connectivity index (χ4n) is 1.62. The zero-order chi connectivity index (χ0) is 10.6. The van der Waals surface area contributed by atoms with Crippen LogP contribution in [0.3, 0.4) is 0 Å². The molecule has 1 heterocycles. The second-order valence-electron chi connectivity index (χ2n) is 3.38. The summed E-state index contributed by atoms with van der Waals surface area (Å²) in [4.78, 5) is 9.78. The smallest absolute Gasteiger partial charge is 0.271 e. The normalized spacial score (nSPS) is 28.6. The molecule has 14 heavy (non-hydrogen) atoms. The van der Waals surface area contributed by atoms with Crippen molar-refractivity contribution in [1.29, 1.82) is 0 Å². The predicted molar refractivity (Wildman–Crippen MR) is 57.0 cm³/mol. The van der Waals surface area contributed by atoms with Gasteiger partial charge in [-0.05, 0) is 6.42 Å². The van der Waals surface area contributed by atoms with Crippen LogP contribution in [0.15, 0.2) is 0 Å². The number of hydrogen-bond acceptors (Lipinski definition) is 2. The Morgan fingerprint density at radius 1 is 1.71 bits per heavy atom. The van der Waals surface area contributed by atoms with E-state index in [2.05, 4.69) is 0 Å². The van der Waals surface area contributed by atoms with Gasteiger partial charge in [-0.1, -0.05) is 6.92 Å². The number of rotatable bonds is 4. The van der Waals surface area contributed by atoms with Crippen molar-refractivity contribution < 1.29 is 14.2 Å². The molecule has 0 bridgehead atoms. The maximum Gasteiger partial charge on any atom is 0.271 e. The third kappa shape index (κ3) is 2.94. The Hall–Kier alpha value is 0.400. The molecule has 0 aromatic rings. The number of ether oxygens (including phenoxy) is 1. The Morgan fingerprint density at radius 2 is 2.43 bits per heavy atom. The van der Waals surface area contributed by atoms with Gasteiger partial charge in [0, 0.05) is 18.5 Å². The third-order valence-electron chi connectivity index (χ3n) is 2.44. The van der Waals surface area contributed by atoms with E-state index in [0.29, 0.717) is 19.8 Å². The molecule has 6 heteroatoms. The van der Waals surface area contributed by atoms with Crippen molar-refractivity contribution in [3.05, 3.63) is 0 Å². The van der Waals surface area contributed by atoms with Crippen molar-refractivity contribution >= 4 is 19.1 Å². The standard InChI is InChI=1S/C8H17ClNO3P/c1-2-8-7-13-5-4-10(8)14(11,12)6-3-9/h8H,2-7H2,1H3,(H,11,12). The number of morpholine rings is 1. The number of alkyl halides is 1. The molecule has 0 radical (unpaired) electrons. The third-order valence-corrected chi connectivity index (χ3v) is 5.03. The van der Waals surface area contributed by atoms with E-state index in [1.165, 1.54) is 0 Å². The lowest BCUT2D eigenvalue weighted by atomic mass is 10.2. The Morgan fingerprint density at radius 3 is 3.00 bits per heavy atom. The van der Waals surface area contributed by atoms with Crippen LogP contribution in [0.25, 0.3) is 0 Å². The van der Waals surface area contributed by atoms with Gasteiger partial charge in [0.25, 0.3) is 7.52 Å². The van der Waals surface area contributed by atoms with Gasteiger partial charge in [0.05, 0.1) is 19.4 Å². The molecule has 1 aliphatic heterocycles. The minimum Gasteiger partial charge on any atom is -0.378 e. The first-order valence-corrected chi connectivity index (χ1v) is 7.17. The first kappa shape index (κ1) is 12.5. The Bertz CT molecular complexity index is 227. The quantitative estimate of drug-likeness (QED) is 0.599. The molecule has 84 valence electrons. The average molecular weight is 242 g/mol. The second kappa shape index (κ2) is 5.47. The number of halogens is 1. The molecule has 0 saturated carbocycles. The Labute approximate surface area is 89.7 Å². The highest BCUT2D eigenvalue weighted by Crippen LogP contribution is 2.47. The fraction of sp³-hybridized carbons (Fsp3) is 1.00. The van der Waals surface area contributed by atoms with Gasteiger partial charge >= 0.3 is 0 Å². The van der Waals surface area contributed by atoms with E-state index in [0.717, 1.165) is 6.42 Å². The highest BCUT2D eigenvalue weighted by molar-refractivity contribution is 7.55. The summed E-state index contributed by atoms with van der Waals surface area (Å²) >= 11 is 5.51. The zero-order valence-electron chi connectivity index (χ0n) is 8.36. The minimum absolute atomic E-state index is 0.0581. The van der Waals surface area contributed by atoms with Gasteiger partial charge in [-0.25, -0.2) is 4.67 Å². The van der Waals surface area contributed by atoms with Crippen LogP contribution in [-0.2, 0) is 9.30 Å². The lowest BCUT2D eigenvalue weighted by Gasteiger charge is -2.37. The molecule has 0 aliphatic carbocycles. The van der Waals surface area contributed by atoms with E-state index in [1.54, 1.807) is 4.67 Å². The van der Waals surface area contributed by atoms with Gasteiger partial charge in [-0.3, -0.25) is 4.57 Å². The zero-order valence-corrected chi connectivity index (χ0v) is 10.0. The molecule has 0 spiro atoms. The van der Waals surface area contributed by atoms with Crippen LogP contribution in [-0.4, -0.2) is 47.4 Å². The van der Waals surface area contributed by atoms with Gasteiger partial charge in [-0.2, -0.15) is 0 Å². The molecular weight excluding hydrogens is 225 g/mol. The van der Waals surface area contributed by atoms with E-state index in [9.17, 15) is 9.46 Å². The molecular formula is C8H17ClNO3P. The average Bonchev–Trinajstić information content (AvgIpc) is 2.18. The molecule has 0 aromatic heterocycles. The van der Waals surface area contributed by atoms with Gasteiger partial charge in [0.2, 0.25) is 0 Å².